The van der Waals surface area contributed by atoms with E-state index >= 15 is 0 Å². The van der Waals surface area contributed by atoms with Crippen molar-refractivity contribution in [2.45, 2.75) is 11.8 Å². The summed E-state index contributed by atoms with van der Waals surface area (Å²) in [4.78, 5) is 24.4. The van der Waals surface area contributed by atoms with Crippen molar-refractivity contribution in [3.63, 3.8) is 0 Å². The average molecular weight is 290 g/mol. The van der Waals surface area contributed by atoms with Crippen molar-refractivity contribution in [2.24, 2.45) is 0 Å². The van der Waals surface area contributed by atoms with Crippen LogP contribution in [0.4, 0.5) is 0 Å². The Morgan fingerprint density at radius 1 is 1.25 bits per heavy atom. The van der Waals surface area contributed by atoms with E-state index in [0.717, 1.165) is 16.5 Å². The fraction of sp³-hybridized carbons (Fsp3) is 0.200. The molecular formula is C15H14O4S. The number of esters is 1. The molecule has 0 aliphatic carbocycles. The Hall–Kier alpha value is -2.01. The number of carbonyl (C=O) groups is 1. The third kappa shape index (κ3) is 3.30. The van der Waals surface area contributed by atoms with Crippen LogP contribution in [0.1, 0.15) is 17.5 Å². The Balaban J connectivity index is 2.40. The van der Waals surface area contributed by atoms with E-state index in [-0.39, 0.29) is 17.8 Å². The maximum absolute atomic E-state index is 11.6. The van der Waals surface area contributed by atoms with E-state index in [1.165, 1.54) is 6.07 Å². The zero-order valence-electron chi connectivity index (χ0n) is 11.2. The summed E-state index contributed by atoms with van der Waals surface area (Å²) in [5, 5.41) is 0. The molecule has 4 nitrogen and oxygen atoms in total. The molecule has 0 aliphatic heterocycles. The molecule has 0 aliphatic rings. The van der Waals surface area contributed by atoms with Crippen LogP contribution in [0.15, 0.2) is 50.5 Å². The van der Waals surface area contributed by atoms with Crippen molar-refractivity contribution in [1.82, 2.24) is 0 Å². The first-order chi connectivity index (χ1) is 9.63. The fourth-order valence-corrected chi connectivity index (χ4v) is 2.09. The first-order valence-corrected chi connectivity index (χ1v) is 7.33. The predicted molar refractivity (Wildman–Crippen MR) is 78.2 cm³/mol. The van der Waals surface area contributed by atoms with Crippen molar-refractivity contribution < 1.29 is 13.9 Å². The van der Waals surface area contributed by atoms with Crippen LogP contribution in [0.3, 0.4) is 0 Å². The lowest BCUT2D eigenvalue weighted by atomic mass is 10.1. The number of rotatable bonds is 4. The molecule has 104 valence electrons. The number of ether oxygens (including phenoxy) is 1. The summed E-state index contributed by atoms with van der Waals surface area (Å²) in [7, 11) is 0. The molecule has 0 radical (unpaired) electrons. The topological polar surface area (TPSA) is 56.5 Å². The van der Waals surface area contributed by atoms with Gasteiger partial charge >= 0.3 is 5.97 Å². The second-order valence-electron chi connectivity index (χ2n) is 3.97. The van der Waals surface area contributed by atoms with Crippen LogP contribution in [0.25, 0.3) is 11.3 Å². The summed E-state index contributed by atoms with van der Waals surface area (Å²) in [6.45, 7) is 1.93. The van der Waals surface area contributed by atoms with E-state index in [1.54, 1.807) is 18.7 Å². The molecule has 1 aromatic carbocycles. The van der Waals surface area contributed by atoms with Gasteiger partial charge in [-0.1, -0.05) is 12.1 Å². The van der Waals surface area contributed by atoms with Crippen LogP contribution in [0.2, 0.25) is 0 Å². The van der Waals surface area contributed by atoms with Crippen LogP contribution in [-0.4, -0.2) is 18.8 Å². The van der Waals surface area contributed by atoms with Gasteiger partial charge in [-0.2, -0.15) is 0 Å². The highest BCUT2D eigenvalue weighted by atomic mass is 32.2. The van der Waals surface area contributed by atoms with Gasteiger partial charge in [0.05, 0.1) is 6.61 Å². The highest BCUT2D eigenvalue weighted by molar-refractivity contribution is 7.98. The number of hydrogen-bond acceptors (Lipinski definition) is 5. The summed E-state index contributed by atoms with van der Waals surface area (Å²) >= 11 is 1.62. The molecule has 0 atom stereocenters. The van der Waals surface area contributed by atoms with Gasteiger partial charge in [0.15, 0.2) is 5.43 Å². The van der Waals surface area contributed by atoms with E-state index in [4.69, 9.17) is 9.15 Å². The number of thioether (sulfide) groups is 1. The van der Waals surface area contributed by atoms with Gasteiger partial charge in [-0.05, 0) is 25.3 Å². The Kier molecular flexibility index (Phi) is 4.63. The molecule has 1 heterocycles. The van der Waals surface area contributed by atoms with Crippen molar-refractivity contribution in [3.05, 3.63) is 52.4 Å². The zero-order chi connectivity index (χ0) is 14.5. The monoisotopic (exact) mass is 290 g/mol. The SMILES string of the molecule is CCOC(=O)c1cc(=O)cc(-c2ccc(SC)cc2)o1. The highest BCUT2D eigenvalue weighted by Gasteiger charge is 2.13. The lowest BCUT2D eigenvalue weighted by molar-refractivity contribution is 0.0488. The molecule has 0 spiro atoms. The minimum absolute atomic E-state index is 0.0803. The third-order valence-electron chi connectivity index (χ3n) is 2.62. The molecule has 0 amide bonds. The Labute approximate surface area is 120 Å². The van der Waals surface area contributed by atoms with Gasteiger partial charge in [0.25, 0.3) is 0 Å². The average Bonchev–Trinajstić information content (AvgIpc) is 2.47. The maximum atomic E-state index is 11.6. The smallest absolute Gasteiger partial charge is 0.374 e. The van der Waals surface area contributed by atoms with E-state index < -0.39 is 5.97 Å². The molecular weight excluding hydrogens is 276 g/mol. The first kappa shape index (κ1) is 14.4. The zero-order valence-corrected chi connectivity index (χ0v) is 12.0. The van der Waals surface area contributed by atoms with Gasteiger partial charge < -0.3 is 9.15 Å². The van der Waals surface area contributed by atoms with Crippen molar-refractivity contribution in [2.75, 3.05) is 12.9 Å². The lowest BCUT2D eigenvalue weighted by Gasteiger charge is -2.05. The highest BCUT2D eigenvalue weighted by Crippen LogP contribution is 2.23. The molecule has 1 aromatic heterocycles. The molecule has 0 unspecified atom stereocenters. The summed E-state index contributed by atoms with van der Waals surface area (Å²) in [6, 6.07) is 10.0. The van der Waals surface area contributed by atoms with E-state index in [2.05, 4.69) is 0 Å². The summed E-state index contributed by atoms with van der Waals surface area (Å²) in [5.41, 5.74) is 0.453. The van der Waals surface area contributed by atoms with Crippen molar-refractivity contribution >= 4 is 17.7 Å². The molecule has 0 N–H and O–H groups in total. The fourth-order valence-electron chi connectivity index (χ4n) is 1.68. The van der Waals surface area contributed by atoms with Gasteiger partial charge in [0, 0.05) is 22.6 Å². The van der Waals surface area contributed by atoms with Crippen molar-refractivity contribution in [1.29, 1.82) is 0 Å². The number of benzene rings is 1. The summed E-state index contributed by atoms with van der Waals surface area (Å²) in [6.07, 6.45) is 1.98. The molecule has 0 saturated carbocycles. The third-order valence-corrected chi connectivity index (χ3v) is 3.36. The maximum Gasteiger partial charge on any atom is 0.374 e. The molecule has 2 rings (SSSR count). The van der Waals surface area contributed by atoms with Gasteiger partial charge in [-0.25, -0.2) is 4.79 Å². The molecule has 0 saturated heterocycles. The number of carbonyl (C=O) groups excluding carboxylic acids is 1. The van der Waals surface area contributed by atoms with Gasteiger partial charge in [-0.3, -0.25) is 4.79 Å². The van der Waals surface area contributed by atoms with E-state index in [1.807, 2.05) is 30.5 Å². The summed E-state index contributed by atoms with van der Waals surface area (Å²) < 4.78 is 10.3. The van der Waals surface area contributed by atoms with Crippen molar-refractivity contribution in [3.8, 4) is 11.3 Å². The Bertz CT molecular complexity index is 658. The van der Waals surface area contributed by atoms with E-state index in [9.17, 15) is 9.59 Å². The van der Waals surface area contributed by atoms with Gasteiger partial charge in [0.1, 0.15) is 5.76 Å². The lowest BCUT2D eigenvalue weighted by Crippen LogP contribution is -2.09. The van der Waals surface area contributed by atoms with Crippen LogP contribution < -0.4 is 5.43 Å². The Morgan fingerprint density at radius 3 is 2.55 bits per heavy atom. The second kappa shape index (κ2) is 6.43. The second-order valence-corrected chi connectivity index (χ2v) is 4.85. The van der Waals surface area contributed by atoms with Gasteiger partial charge in [-0.15, -0.1) is 11.8 Å². The quantitative estimate of drug-likeness (QED) is 0.639. The standard InChI is InChI=1S/C15H14O4S/c1-3-18-15(17)14-9-11(16)8-13(19-14)10-4-6-12(20-2)7-5-10/h4-9H,3H2,1-2H3. The largest absolute Gasteiger partial charge is 0.460 e. The Morgan fingerprint density at radius 2 is 1.95 bits per heavy atom. The minimum Gasteiger partial charge on any atom is -0.460 e. The van der Waals surface area contributed by atoms with Crippen LogP contribution in [0, 0.1) is 0 Å². The van der Waals surface area contributed by atoms with Crippen LogP contribution >= 0.6 is 11.8 Å². The number of hydrogen-bond donors (Lipinski definition) is 0. The normalized spacial score (nSPS) is 10.3. The minimum atomic E-state index is -0.632. The van der Waals surface area contributed by atoms with Crippen LogP contribution in [0.5, 0.6) is 0 Å². The molecule has 20 heavy (non-hydrogen) atoms. The predicted octanol–water partition coefficient (Wildman–Crippen LogP) is 3.21. The molecule has 2 aromatic rings. The van der Waals surface area contributed by atoms with Crippen LogP contribution in [-0.2, 0) is 4.74 Å². The van der Waals surface area contributed by atoms with Gasteiger partial charge in [0.2, 0.25) is 5.76 Å². The summed E-state index contributed by atoms with van der Waals surface area (Å²) in [5.74, 6) is -0.358. The molecule has 0 bridgehead atoms. The molecule has 5 heteroatoms. The van der Waals surface area contributed by atoms with E-state index in [0.29, 0.717) is 5.76 Å². The molecule has 0 fully saturated rings. The first-order valence-electron chi connectivity index (χ1n) is 6.10.